The van der Waals surface area contributed by atoms with E-state index in [9.17, 15) is 27.9 Å². The first-order chi connectivity index (χ1) is 20.9. The SMILES string of the molecule is CC1SC(C)(C)[C@@H](C(=O)N[C@@H](Cc2ccc(CC(=O)CCCNc3ccccn3)cc2)C(=O)O)N1S(=O)(=O)c1ccccc1. The molecule has 234 valence electrons. The van der Waals surface area contributed by atoms with Gasteiger partial charge in [-0.25, -0.2) is 18.2 Å². The first kappa shape index (κ1) is 33.2. The lowest BCUT2D eigenvalue weighted by atomic mass is 9.99. The Hall–Kier alpha value is -3.74. The number of carboxylic acid groups (broad SMARTS) is 1. The van der Waals surface area contributed by atoms with E-state index in [1.54, 1.807) is 69.4 Å². The topological polar surface area (TPSA) is 146 Å². The van der Waals surface area contributed by atoms with Gasteiger partial charge in [0.1, 0.15) is 23.7 Å². The van der Waals surface area contributed by atoms with Crippen molar-refractivity contribution >= 4 is 45.3 Å². The molecule has 12 heteroatoms. The Morgan fingerprint density at radius 3 is 2.30 bits per heavy atom. The van der Waals surface area contributed by atoms with E-state index in [-0.39, 0.29) is 23.5 Å². The molecule has 0 radical (unpaired) electrons. The fraction of sp³-hybridized carbons (Fsp3) is 0.375. The number of hydrogen-bond donors (Lipinski definition) is 3. The fourth-order valence-corrected chi connectivity index (χ4v) is 9.08. The number of nitrogens with zero attached hydrogens (tertiary/aromatic N) is 2. The van der Waals surface area contributed by atoms with Crippen LogP contribution in [0.15, 0.2) is 83.9 Å². The van der Waals surface area contributed by atoms with E-state index < -0.39 is 44.1 Å². The summed E-state index contributed by atoms with van der Waals surface area (Å²) in [6.45, 7) is 5.92. The van der Waals surface area contributed by atoms with E-state index in [1.165, 1.54) is 28.2 Å². The minimum atomic E-state index is -4.03. The van der Waals surface area contributed by atoms with Gasteiger partial charge in [0.2, 0.25) is 15.9 Å². The molecule has 10 nitrogen and oxygen atoms in total. The summed E-state index contributed by atoms with van der Waals surface area (Å²) in [5.74, 6) is -1.04. The summed E-state index contributed by atoms with van der Waals surface area (Å²) in [6, 6.07) is 18.1. The van der Waals surface area contributed by atoms with Crippen molar-refractivity contribution in [2.45, 2.75) is 73.6 Å². The van der Waals surface area contributed by atoms with Crippen LogP contribution in [0, 0.1) is 0 Å². The predicted octanol–water partition coefficient (Wildman–Crippen LogP) is 4.13. The standard InChI is InChI=1S/C32H38N4O6S2/c1-22-36(44(41,42)26-11-5-4-6-12-26)29(32(2,3)43-22)30(38)35-27(31(39)40)21-24-16-14-23(15-17-24)20-25(37)10-9-19-34-28-13-7-8-18-33-28/h4-8,11-18,22,27,29H,9-10,19-21H2,1-3H3,(H,33,34)(H,35,38)(H,39,40)/t22?,27-,29+/m0/s1. The van der Waals surface area contributed by atoms with Crippen LogP contribution in [-0.4, -0.2) is 69.2 Å². The number of carbonyl (C=O) groups excluding carboxylic acids is 2. The quantitative estimate of drug-likeness (QED) is 0.222. The Labute approximate surface area is 262 Å². The number of sulfonamides is 1. The Morgan fingerprint density at radius 2 is 1.66 bits per heavy atom. The Bertz CT molecular complexity index is 1550. The van der Waals surface area contributed by atoms with Crippen molar-refractivity contribution in [3.8, 4) is 0 Å². The minimum absolute atomic E-state index is 0.00420. The van der Waals surface area contributed by atoms with Gasteiger partial charge in [0.05, 0.1) is 10.3 Å². The molecule has 2 heterocycles. The van der Waals surface area contributed by atoms with Gasteiger partial charge in [-0.2, -0.15) is 4.31 Å². The van der Waals surface area contributed by atoms with Gasteiger partial charge in [-0.3, -0.25) is 9.59 Å². The van der Waals surface area contributed by atoms with Crippen LogP contribution < -0.4 is 10.6 Å². The van der Waals surface area contributed by atoms with Crippen molar-refractivity contribution in [1.29, 1.82) is 0 Å². The van der Waals surface area contributed by atoms with Crippen molar-refractivity contribution < 1.29 is 27.9 Å². The van der Waals surface area contributed by atoms with Crippen LogP contribution in [-0.2, 0) is 37.2 Å². The third kappa shape index (κ3) is 8.25. The zero-order valence-electron chi connectivity index (χ0n) is 25.0. The normalized spacial score (nSPS) is 18.8. The van der Waals surface area contributed by atoms with Gasteiger partial charge in [0, 0.05) is 36.8 Å². The van der Waals surface area contributed by atoms with E-state index in [4.69, 9.17) is 0 Å². The van der Waals surface area contributed by atoms with E-state index in [0.29, 0.717) is 24.9 Å². The Morgan fingerprint density at radius 1 is 1.00 bits per heavy atom. The number of amides is 1. The van der Waals surface area contributed by atoms with Gasteiger partial charge < -0.3 is 15.7 Å². The molecule has 1 aromatic heterocycles. The first-order valence-electron chi connectivity index (χ1n) is 14.4. The van der Waals surface area contributed by atoms with Crippen LogP contribution in [0.1, 0.15) is 44.7 Å². The number of Topliss-reactive ketones (excluding diaryl/α,β-unsaturated/α-hetero) is 1. The van der Waals surface area contributed by atoms with Crippen LogP contribution in [0.4, 0.5) is 5.82 Å². The molecule has 0 spiro atoms. The lowest BCUT2D eigenvalue weighted by molar-refractivity contribution is -0.142. The smallest absolute Gasteiger partial charge is 0.326 e. The lowest BCUT2D eigenvalue weighted by Gasteiger charge is -2.31. The lowest BCUT2D eigenvalue weighted by Crippen LogP contribution is -2.57. The number of nitrogens with one attached hydrogen (secondary N) is 2. The van der Waals surface area contributed by atoms with Crippen molar-refractivity contribution in [2.24, 2.45) is 0 Å². The monoisotopic (exact) mass is 638 g/mol. The van der Waals surface area contributed by atoms with Gasteiger partial charge in [0.25, 0.3) is 0 Å². The number of carbonyl (C=O) groups is 3. The largest absolute Gasteiger partial charge is 0.480 e. The highest BCUT2D eigenvalue weighted by Gasteiger charge is 2.55. The van der Waals surface area contributed by atoms with E-state index >= 15 is 0 Å². The second-order valence-corrected chi connectivity index (χ2v) is 15.1. The number of aromatic nitrogens is 1. The average molecular weight is 639 g/mol. The average Bonchev–Trinajstić information content (AvgIpc) is 3.25. The highest BCUT2D eigenvalue weighted by Crippen LogP contribution is 2.46. The van der Waals surface area contributed by atoms with Crippen molar-refractivity contribution in [3.63, 3.8) is 0 Å². The first-order valence-corrected chi connectivity index (χ1v) is 16.7. The molecule has 3 aromatic rings. The molecule has 1 aliphatic rings. The molecular weight excluding hydrogens is 601 g/mol. The Balaban J connectivity index is 1.36. The van der Waals surface area contributed by atoms with Gasteiger partial charge in [-0.05, 0) is 62.6 Å². The molecule has 44 heavy (non-hydrogen) atoms. The summed E-state index contributed by atoms with van der Waals surface area (Å²) < 4.78 is 27.5. The molecule has 1 saturated heterocycles. The molecule has 3 N–H and O–H groups in total. The number of carboxylic acids is 1. The molecule has 0 saturated carbocycles. The van der Waals surface area contributed by atoms with Crippen LogP contribution in [0.3, 0.4) is 0 Å². The van der Waals surface area contributed by atoms with E-state index in [0.717, 1.165) is 11.4 Å². The molecular formula is C32H38N4O6S2. The van der Waals surface area contributed by atoms with Crippen molar-refractivity contribution in [1.82, 2.24) is 14.6 Å². The minimum Gasteiger partial charge on any atom is -0.480 e. The molecule has 1 fully saturated rings. The maximum Gasteiger partial charge on any atom is 0.326 e. The number of benzene rings is 2. The van der Waals surface area contributed by atoms with E-state index in [2.05, 4.69) is 15.6 Å². The molecule has 4 rings (SSSR count). The molecule has 1 amide bonds. The van der Waals surface area contributed by atoms with Crippen molar-refractivity contribution in [2.75, 3.05) is 11.9 Å². The van der Waals surface area contributed by atoms with Gasteiger partial charge >= 0.3 is 5.97 Å². The molecule has 0 aliphatic carbocycles. The number of ketones is 1. The van der Waals surface area contributed by atoms with Crippen LogP contribution in [0.25, 0.3) is 0 Å². The number of hydrogen-bond acceptors (Lipinski definition) is 8. The number of rotatable bonds is 14. The number of thioether (sulfide) groups is 1. The van der Waals surface area contributed by atoms with Gasteiger partial charge in [0.15, 0.2) is 0 Å². The molecule has 0 bridgehead atoms. The number of pyridine rings is 1. The highest BCUT2D eigenvalue weighted by molar-refractivity contribution is 8.02. The summed E-state index contributed by atoms with van der Waals surface area (Å²) in [5, 5.41) is 15.2. The third-order valence-corrected chi connectivity index (χ3v) is 10.9. The molecule has 1 aliphatic heterocycles. The number of anilines is 1. The highest BCUT2D eigenvalue weighted by atomic mass is 32.2. The molecule has 3 atom stereocenters. The third-order valence-electron chi connectivity index (χ3n) is 7.39. The van der Waals surface area contributed by atoms with E-state index in [1.807, 2.05) is 18.2 Å². The second kappa shape index (κ2) is 14.4. The summed E-state index contributed by atoms with van der Waals surface area (Å²) in [6.07, 6.45) is 3.05. The predicted molar refractivity (Wildman–Crippen MR) is 171 cm³/mol. The zero-order valence-corrected chi connectivity index (χ0v) is 26.6. The second-order valence-electron chi connectivity index (χ2n) is 11.3. The van der Waals surface area contributed by atoms with Crippen LogP contribution in [0.5, 0.6) is 0 Å². The summed E-state index contributed by atoms with van der Waals surface area (Å²) in [7, 11) is -4.03. The van der Waals surface area contributed by atoms with Gasteiger partial charge in [-0.1, -0.05) is 48.5 Å². The van der Waals surface area contributed by atoms with Crippen LogP contribution in [0.2, 0.25) is 0 Å². The zero-order chi connectivity index (χ0) is 31.9. The fourth-order valence-electron chi connectivity index (χ4n) is 5.32. The van der Waals surface area contributed by atoms with Crippen molar-refractivity contribution in [3.05, 3.63) is 90.1 Å². The van der Waals surface area contributed by atoms with Crippen LogP contribution >= 0.6 is 11.8 Å². The van der Waals surface area contributed by atoms with Gasteiger partial charge in [-0.15, -0.1) is 11.8 Å². The maximum atomic E-state index is 13.6. The molecule has 1 unspecified atom stereocenters. The molecule has 2 aromatic carbocycles. The Kier molecular flexibility index (Phi) is 10.8. The number of aliphatic carboxylic acids is 1. The maximum absolute atomic E-state index is 13.6. The summed E-state index contributed by atoms with van der Waals surface area (Å²) in [4.78, 5) is 42.6. The summed E-state index contributed by atoms with van der Waals surface area (Å²) >= 11 is 1.34. The summed E-state index contributed by atoms with van der Waals surface area (Å²) in [5.41, 5.74) is 1.48.